The minimum Gasteiger partial charge on any atom is -0.478 e. The van der Waals surface area contributed by atoms with Crippen LogP contribution in [0.2, 0.25) is 0 Å². The Morgan fingerprint density at radius 1 is 1.25 bits per heavy atom. The van der Waals surface area contributed by atoms with Gasteiger partial charge in [-0.15, -0.1) is 0 Å². The van der Waals surface area contributed by atoms with Gasteiger partial charge in [0.05, 0.1) is 11.1 Å². The molecule has 0 saturated heterocycles. The van der Waals surface area contributed by atoms with Crippen molar-refractivity contribution in [1.82, 2.24) is 4.98 Å². The Morgan fingerprint density at radius 3 is 2.54 bits per heavy atom. The summed E-state index contributed by atoms with van der Waals surface area (Å²) >= 11 is 0. The van der Waals surface area contributed by atoms with Gasteiger partial charge in [-0.05, 0) is 47.9 Å². The smallest absolute Gasteiger partial charge is 0.337 e. The highest BCUT2D eigenvalue weighted by Crippen LogP contribution is 2.24. The van der Waals surface area contributed by atoms with Crippen molar-refractivity contribution >= 4 is 11.9 Å². The fourth-order valence-electron chi connectivity index (χ4n) is 2.02. The van der Waals surface area contributed by atoms with Gasteiger partial charge in [0.25, 0.3) is 0 Å². The van der Waals surface area contributed by atoms with E-state index >= 15 is 0 Å². The van der Waals surface area contributed by atoms with Crippen LogP contribution in [0.15, 0.2) is 58.0 Å². The monoisotopic (exact) mass is 326 g/mol. The van der Waals surface area contributed by atoms with Crippen LogP contribution >= 0.6 is 0 Å². The summed E-state index contributed by atoms with van der Waals surface area (Å²) in [7, 11) is 0. The first kappa shape index (κ1) is 17.2. The zero-order valence-electron chi connectivity index (χ0n) is 13.4. The lowest BCUT2D eigenvalue weighted by Gasteiger charge is -2.09. The van der Waals surface area contributed by atoms with Crippen molar-refractivity contribution in [3.8, 4) is 11.3 Å². The predicted octanol–water partition coefficient (Wildman–Crippen LogP) is 3.23. The van der Waals surface area contributed by atoms with E-state index in [2.05, 4.69) is 4.98 Å². The van der Waals surface area contributed by atoms with Crippen LogP contribution in [0.5, 0.6) is 0 Å². The van der Waals surface area contributed by atoms with Gasteiger partial charge < -0.3 is 15.3 Å². The molecule has 6 nitrogen and oxygen atoms in total. The Hall–Kier alpha value is -3.15. The van der Waals surface area contributed by atoms with Crippen molar-refractivity contribution < 1.29 is 14.3 Å². The third-order valence-corrected chi connectivity index (χ3v) is 3.34. The molecule has 6 heteroatoms. The molecule has 0 radical (unpaired) electrons. The van der Waals surface area contributed by atoms with Crippen LogP contribution in [0.25, 0.3) is 11.3 Å². The van der Waals surface area contributed by atoms with Gasteiger partial charge in [-0.3, -0.25) is 9.78 Å². The molecule has 0 unspecified atom stereocenters. The second-order valence-corrected chi connectivity index (χ2v) is 5.47. The molecule has 1 aliphatic carbocycles. The van der Waals surface area contributed by atoms with E-state index in [4.69, 9.17) is 15.3 Å². The number of carboxylic acids is 1. The van der Waals surface area contributed by atoms with Crippen molar-refractivity contribution in [2.75, 3.05) is 5.73 Å². The van der Waals surface area contributed by atoms with Gasteiger partial charge in [0.1, 0.15) is 5.76 Å². The molecule has 0 aromatic carbocycles. The highest BCUT2D eigenvalue weighted by Gasteiger charge is 2.12. The summed E-state index contributed by atoms with van der Waals surface area (Å²) in [6.45, 7) is 4.07. The third-order valence-electron chi connectivity index (χ3n) is 3.34. The van der Waals surface area contributed by atoms with E-state index in [1.165, 1.54) is 18.5 Å². The molecule has 24 heavy (non-hydrogen) atoms. The van der Waals surface area contributed by atoms with Crippen molar-refractivity contribution in [2.45, 2.75) is 19.8 Å². The maximum absolute atomic E-state index is 11.7. The highest BCUT2D eigenvalue weighted by atomic mass is 16.4. The maximum Gasteiger partial charge on any atom is 0.337 e. The first-order valence-corrected chi connectivity index (χ1v) is 7.35. The summed E-state index contributed by atoms with van der Waals surface area (Å²) in [6.07, 6.45) is 2.84. The largest absolute Gasteiger partial charge is 0.478 e. The molecule has 1 aromatic rings. The van der Waals surface area contributed by atoms with E-state index in [0.29, 0.717) is 23.1 Å². The fourth-order valence-corrected chi connectivity index (χ4v) is 2.02. The van der Waals surface area contributed by atoms with Crippen LogP contribution in [-0.4, -0.2) is 16.1 Å². The standard InChI is InChI=1S/C12H13NO2.C6H5NO2/c1-7(2)8-5-10(14)9-3-4-12(13)15-11(9)6-8;8-6(9)5-2-1-3-7-4-5/h3-7H,13H2,1-2H3;1-4H,(H,8,9). The number of nitrogens with two attached hydrogens (primary N) is 1. The molecule has 0 atom stereocenters. The zero-order chi connectivity index (χ0) is 17.7. The normalized spacial score (nSPS) is 10.3. The molecular weight excluding hydrogens is 308 g/mol. The van der Waals surface area contributed by atoms with Crippen molar-refractivity contribution in [3.63, 3.8) is 0 Å². The van der Waals surface area contributed by atoms with Gasteiger partial charge >= 0.3 is 5.97 Å². The minimum atomic E-state index is -0.942. The lowest BCUT2D eigenvalue weighted by molar-refractivity contribution is 0.0696. The van der Waals surface area contributed by atoms with E-state index in [0.717, 1.165) is 5.56 Å². The topological polar surface area (TPSA) is 106 Å². The van der Waals surface area contributed by atoms with E-state index in [9.17, 15) is 9.59 Å². The van der Waals surface area contributed by atoms with Gasteiger partial charge in [0, 0.05) is 12.4 Å². The average Bonchev–Trinajstić information content (AvgIpc) is 2.55. The second kappa shape index (κ2) is 7.41. The lowest BCUT2D eigenvalue weighted by atomic mass is 9.99. The van der Waals surface area contributed by atoms with Crippen molar-refractivity contribution in [1.29, 1.82) is 0 Å². The number of hydrogen-bond acceptors (Lipinski definition) is 5. The molecule has 1 aromatic heterocycles. The number of aromatic carboxylic acids is 1. The van der Waals surface area contributed by atoms with E-state index in [-0.39, 0.29) is 11.0 Å². The van der Waals surface area contributed by atoms with E-state index in [1.807, 2.05) is 19.9 Å². The van der Waals surface area contributed by atoms with Crippen LogP contribution < -0.4 is 11.2 Å². The first-order valence-electron chi connectivity index (χ1n) is 7.35. The summed E-state index contributed by atoms with van der Waals surface area (Å²) < 4.78 is 5.31. The number of fused-ring (bicyclic) bond motifs is 1. The van der Waals surface area contributed by atoms with Gasteiger partial charge in [0.15, 0.2) is 11.3 Å². The molecule has 3 rings (SSSR count). The summed E-state index contributed by atoms with van der Waals surface area (Å²) in [5.74, 6) is 0.246. The summed E-state index contributed by atoms with van der Waals surface area (Å²) in [4.78, 5) is 25.5. The summed E-state index contributed by atoms with van der Waals surface area (Å²) in [5, 5.41) is 8.34. The Labute approximate surface area is 138 Å². The van der Waals surface area contributed by atoms with Crippen LogP contribution in [0, 0.1) is 0 Å². The van der Waals surface area contributed by atoms with E-state index in [1.54, 1.807) is 24.3 Å². The van der Waals surface area contributed by atoms with Crippen LogP contribution in [0.1, 0.15) is 35.7 Å². The predicted molar refractivity (Wildman–Crippen MR) is 91.3 cm³/mol. The quantitative estimate of drug-likeness (QED) is 0.749. The van der Waals surface area contributed by atoms with Gasteiger partial charge in [-0.2, -0.15) is 0 Å². The van der Waals surface area contributed by atoms with E-state index < -0.39 is 5.97 Å². The van der Waals surface area contributed by atoms with Gasteiger partial charge in [-0.1, -0.05) is 13.8 Å². The van der Waals surface area contributed by atoms with Gasteiger partial charge in [0.2, 0.25) is 0 Å². The SMILES string of the molecule is CC(C)c1cc2oc(N)ccc-2c(=O)c1.O=C(O)c1cccnc1. The lowest BCUT2D eigenvalue weighted by Crippen LogP contribution is -2.07. The summed E-state index contributed by atoms with van der Waals surface area (Å²) in [6, 6.07) is 9.90. The third kappa shape index (κ3) is 4.19. The first-order chi connectivity index (χ1) is 11.4. The number of anilines is 1. The number of carboxylic acid groups (broad SMARTS) is 1. The second-order valence-electron chi connectivity index (χ2n) is 5.47. The van der Waals surface area contributed by atoms with Gasteiger partial charge in [-0.25, -0.2) is 4.79 Å². The number of rotatable bonds is 2. The summed E-state index contributed by atoms with van der Waals surface area (Å²) in [5.41, 5.74) is 7.29. The number of pyridine rings is 1. The fraction of sp³-hybridized carbons (Fsp3) is 0.167. The number of carbonyl (C=O) groups is 1. The van der Waals surface area contributed by atoms with Crippen molar-refractivity contribution in [2.24, 2.45) is 0 Å². The molecule has 0 fully saturated rings. The van der Waals surface area contributed by atoms with Crippen LogP contribution in [0.4, 0.5) is 5.88 Å². The number of aromatic nitrogens is 1. The molecule has 0 bridgehead atoms. The number of nitrogens with zero attached hydrogens (tertiary/aromatic N) is 1. The molecule has 0 spiro atoms. The molecule has 0 amide bonds. The Morgan fingerprint density at radius 2 is 2.00 bits per heavy atom. The number of nitrogen functional groups attached to an aromatic ring is 1. The molecule has 2 heterocycles. The Bertz CT molecular complexity index is 857. The number of benzene rings is 1. The maximum atomic E-state index is 11.7. The van der Waals surface area contributed by atoms with Crippen molar-refractivity contribution in [3.05, 3.63) is 70.1 Å². The number of hydrogen-bond donors (Lipinski definition) is 2. The highest BCUT2D eigenvalue weighted by molar-refractivity contribution is 5.86. The van der Waals surface area contributed by atoms with Crippen LogP contribution in [-0.2, 0) is 0 Å². The molecule has 124 valence electrons. The zero-order valence-corrected chi connectivity index (χ0v) is 13.4. The average molecular weight is 326 g/mol. The minimum absolute atomic E-state index is 0.0139. The Kier molecular flexibility index (Phi) is 5.31. The molecular formula is C18H18N2O4. The molecule has 3 N–H and O–H groups in total. The Balaban J connectivity index is 0.000000198. The molecule has 2 aliphatic rings. The molecule has 0 saturated carbocycles. The van der Waals surface area contributed by atoms with Crippen LogP contribution in [0.3, 0.4) is 0 Å². The molecule has 1 aliphatic heterocycles.